The van der Waals surface area contributed by atoms with Gasteiger partial charge >= 0.3 is 0 Å². The van der Waals surface area contributed by atoms with Gasteiger partial charge in [0.15, 0.2) is 11.5 Å². The van der Waals surface area contributed by atoms with Gasteiger partial charge in [-0.05, 0) is 41.8 Å². The molecule has 0 aromatic heterocycles. The predicted molar refractivity (Wildman–Crippen MR) is 94.1 cm³/mol. The van der Waals surface area contributed by atoms with Crippen LogP contribution in [0.25, 0.3) is 6.08 Å². The number of hydrogen-bond acceptors (Lipinski definition) is 3. The van der Waals surface area contributed by atoms with E-state index < -0.39 is 0 Å². The molecular formula is C20H21NO3. The van der Waals surface area contributed by atoms with E-state index in [1.54, 1.807) is 0 Å². The predicted octanol–water partition coefficient (Wildman–Crippen LogP) is 4.16. The summed E-state index contributed by atoms with van der Waals surface area (Å²) in [7, 11) is 0. The monoisotopic (exact) mass is 323 g/mol. The first-order chi connectivity index (χ1) is 11.8. The third kappa shape index (κ3) is 3.96. The van der Waals surface area contributed by atoms with Gasteiger partial charge in [0.25, 0.3) is 5.91 Å². The standard InChI is InChI=1S/C20H21NO3/c1-2-3-4-5-15-6-9-17(10-7-15)20(22)21-13-16-8-11-18-19(12-16)24-14-23-18/h4-12H,2-3,13-14H2,1H3,(H,21,22). The first-order valence-corrected chi connectivity index (χ1v) is 8.19. The van der Waals surface area contributed by atoms with Gasteiger partial charge in [0.2, 0.25) is 6.79 Å². The Bertz CT molecular complexity index is 735. The molecule has 2 aromatic rings. The third-order valence-electron chi connectivity index (χ3n) is 3.83. The number of ether oxygens (including phenoxy) is 2. The fourth-order valence-electron chi connectivity index (χ4n) is 2.47. The molecule has 24 heavy (non-hydrogen) atoms. The molecule has 4 heteroatoms. The van der Waals surface area contributed by atoms with Gasteiger partial charge in [-0.2, -0.15) is 0 Å². The lowest BCUT2D eigenvalue weighted by molar-refractivity contribution is 0.0951. The number of carbonyl (C=O) groups is 1. The van der Waals surface area contributed by atoms with Crippen molar-refractivity contribution in [2.24, 2.45) is 0 Å². The molecular weight excluding hydrogens is 302 g/mol. The number of unbranched alkanes of at least 4 members (excludes halogenated alkanes) is 1. The highest BCUT2D eigenvalue weighted by Crippen LogP contribution is 2.32. The number of benzene rings is 2. The van der Waals surface area contributed by atoms with E-state index in [0.717, 1.165) is 35.5 Å². The van der Waals surface area contributed by atoms with Crippen LogP contribution in [0.5, 0.6) is 11.5 Å². The fourth-order valence-corrected chi connectivity index (χ4v) is 2.47. The zero-order chi connectivity index (χ0) is 16.8. The fraction of sp³-hybridized carbons (Fsp3) is 0.250. The van der Waals surface area contributed by atoms with Gasteiger partial charge in [0.05, 0.1) is 0 Å². The average Bonchev–Trinajstić information content (AvgIpc) is 3.08. The van der Waals surface area contributed by atoms with Gasteiger partial charge in [-0.25, -0.2) is 0 Å². The minimum Gasteiger partial charge on any atom is -0.454 e. The van der Waals surface area contributed by atoms with E-state index in [0.29, 0.717) is 12.1 Å². The molecule has 1 aliphatic heterocycles. The molecule has 1 aliphatic rings. The summed E-state index contributed by atoms with van der Waals surface area (Å²) in [5.41, 5.74) is 2.74. The Balaban J connectivity index is 1.57. The number of allylic oxidation sites excluding steroid dienone is 1. The number of rotatable bonds is 6. The summed E-state index contributed by atoms with van der Waals surface area (Å²) in [6.07, 6.45) is 6.43. The summed E-state index contributed by atoms with van der Waals surface area (Å²) in [6.45, 7) is 2.86. The molecule has 0 spiro atoms. The molecule has 0 saturated heterocycles. The summed E-state index contributed by atoms with van der Waals surface area (Å²) >= 11 is 0. The second kappa shape index (κ2) is 7.68. The maximum atomic E-state index is 12.2. The molecule has 1 N–H and O–H groups in total. The van der Waals surface area contributed by atoms with Crippen molar-refractivity contribution in [3.8, 4) is 11.5 Å². The number of carbonyl (C=O) groups excluding carboxylic acids is 1. The SMILES string of the molecule is CCCC=Cc1ccc(C(=O)NCc2ccc3c(c2)OCO3)cc1. The van der Waals surface area contributed by atoms with Crippen LogP contribution in [0.15, 0.2) is 48.5 Å². The lowest BCUT2D eigenvalue weighted by Crippen LogP contribution is -2.22. The number of fused-ring (bicyclic) bond motifs is 1. The normalized spacial score (nSPS) is 12.5. The summed E-state index contributed by atoms with van der Waals surface area (Å²) < 4.78 is 10.6. The van der Waals surface area contributed by atoms with Crippen LogP contribution in [0.4, 0.5) is 0 Å². The van der Waals surface area contributed by atoms with Crippen molar-refractivity contribution in [2.75, 3.05) is 6.79 Å². The van der Waals surface area contributed by atoms with Crippen molar-refractivity contribution in [2.45, 2.75) is 26.3 Å². The third-order valence-corrected chi connectivity index (χ3v) is 3.83. The minimum atomic E-state index is -0.0863. The van der Waals surface area contributed by atoms with Crippen molar-refractivity contribution < 1.29 is 14.3 Å². The van der Waals surface area contributed by atoms with Crippen LogP contribution in [-0.4, -0.2) is 12.7 Å². The molecule has 0 bridgehead atoms. The lowest BCUT2D eigenvalue weighted by atomic mass is 10.1. The molecule has 0 radical (unpaired) electrons. The van der Waals surface area contributed by atoms with E-state index in [9.17, 15) is 4.79 Å². The molecule has 124 valence electrons. The van der Waals surface area contributed by atoms with Crippen LogP contribution in [0.2, 0.25) is 0 Å². The molecule has 0 fully saturated rings. The highest BCUT2D eigenvalue weighted by molar-refractivity contribution is 5.94. The Kier molecular flexibility index (Phi) is 5.16. The Morgan fingerprint density at radius 1 is 1.12 bits per heavy atom. The summed E-state index contributed by atoms with van der Waals surface area (Å²) in [6, 6.07) is 13.3. The summed E-state index contributed by atoms with van der Waals surface area (Å²) in [4.78, 5) is 12.2. The van der Waals surface area contributed by atoms with E-state index in [-0.39, 0.29) is 12.7 Å². The van der Waals surface area contributed by atoms with Gasteiger partial charge in [-0.1, -0.05) is 43.7 Å². The zero-order valence-corrected chi connectivity index (χ0v) is 13.7. The topological polar surface area (TPSA) is 47.6 Å². The maximum absolute atomic E-state index is 12.2. The molecule has 0 atom stereocenters. The lowest BCUT2D eigenvalue weighted by Gasteiger charge is -2.07. The van der Waals surface area contributed by atoms with Crippen LogP contribution in [-0.2, 0) is 6.54 Å². The number of nitrogens with one attached hydrogen (secondary N) is 1. The van der Waals surface area contributed by atoms with Crippen LogP contribution in [0, 0.1) is 0 Å². The minimum absolute atomic E-state index is 0.0863. The molecule has 1 heterocycles. The molecule has 0 unspecified atom stereocenters. The Hall–Kier alpha value is -2.75. The van der Waals surface area contributed by atoms with E-state index in [4.69, 9.17) is 9.47 Å². The van der Waals surface area contributed by atoms with Crippen molar-refractivity contribution in [3.05, 3.63) is 65.2 Å². The average molecular weight is 323 g/mol. The van der Waals surface area contributed by atoms with Crippen molar-refractivity contribution in [1.82, 2.24) is 5.32 Å². The molecule has 1 amide bonds. The zero-order valence-electron chi connectivity index (χ0n) is 13.7. The first kappa shape index (κ1) is 16.1. The summed E-state index contributed by atoms with van der Waals surface area (Å²) in [5, 5.41) is 2.92. The quantitative estimate of drug-likeness (QED) is 0.868. The van der Waals surface area contributed by atoms with Crippen LogP contribution in [0.1, 0.15) is 41.3 Å². The Morgan fingerprint density at radius 3 is 2.71 bits per heavy atom. The molecule has 4 nitrogen and oxygen atoms in total. The van der Waals surface area contributed by atoms with E-state index in [1.165, 1.54) is 0 Å². The Labute approximate surface area is 142 Å². The number of amides is 1. The number of hydrogen-bond donors (Lipinski definition) is 1. The molecule has 2 aromatic carbocycles. The van der Waals surface area contributed by atoms with Crippen LogP contribution in [0.3, 0.4) is 0 Å². The first-order valence-electron chi connectivity index (χ1n) is 8.19. The highest BCUT2D eigenvalue weighted by Gasteiger charge is 2.13. The van der Waals surface area contributed by atoms with Crippen LogP contribution < -0.4 is 14.8 Å². The van der Waals surface area contributed by atoms with Crippen LogP contribution >= 0.6 is 0 Å². The van der Waals surface area contributed by atoms with Gasteiger partial charge in [0.1, 0.15) is 0 Å². The van der Waals surface area contributed by atoms with Gasteiger partial charge in [-0.3, -0.25) is 4.79 Å². The molecule has 3 rings (SSSR count). The maximum Gasteiger partial charge on any atom is 0.251 e. The second-order valence-corrected chi connectivity index (χ2v) is 5.68. The van der Waals surface area contributed by atoms with Gasteiger partial charge < -0.3 is 14.8 Å². The van der Waals surface area contributed by atoms with Crippen molar-refractivity contribution in [1.29, 1.82) is 0 Å². The van der Waals surface area contributed by atoms with E-state index >= 15 is 0 Å². The summed E-state index contributed by atoms with van der Waals surface area (Å²) in [5.74, 6) is 1.39. The van der Waals surface area contributed by atoms with Crippen molar-refractivity contribution in [3.63, 3.8) is 0 Å². The van der Waals surface area contributed by atoms with Gasteiger partial charge in [-0.15, -0.1) is 0 Å². The molecule has 0 aliphatic carbocycles. The molecule has 0 saturated carbocycles. The van der Waals surface area contributed by atoms with E-state index in [1.807, 2.05) is 42.5 Å². The van der Waals surface area contributed by atoms with Crippen molar-refractivity contribution >= 4 is 12.0 Å². The largest absolute Gasteiger partial charge is 0.454 e. The van der Waals surface area contributed by atoms with Gasteiger partial charge in [0, 0.05) is 12.1 Å². The van der Waals surface area contributed by atoms with E-state index in [2.05, 4.69) is 24.4 Å². The smallest absolute Gasteiger partial charge is 0.251 e. The Morgan fingerprint density at radius 2 is 1.92 bits per heavy atom. The highest BCUT2D eigenvalue weighted by atomic mass is 16.7. The second-order valence-electron chi connectivity index (χ2n) is 5.68.